The summed E-state index contributed by atoms with van der Waals surface area (Å²) in [5, 5.41) is 11.6. The van der Waals surface area contributed by atoms with Gasteiger partial charge < -0.3 is 15.2 Å². The summed E-state index contributed by atoms with van der Waals surface area (Å²) in [6.07, 6.45) is 0. The van der Waals surface area contributed by atoms with E-state index in [2.05, 4.69) is 10.2 Å². The van der Waals surface area contributed by atoms with Crippen LogP contribution in [0.1, 0.15) is 11.6 Å². The first-order valence-corrected chi connectivity index (χ1v) is 6.58. The Morgan fingerprint density at radius 1 is 1.32 bits per heavy atom. The molecule has 1 atom stereocenters. The lowest BCUT2D eigenvalue weighted by molar-refractivity contribution is -0.129. The van der Waals surface area contributed by atoms with Gasteiger partial charge in [-0.2, -0.15) is 0 Å². The third-order valence-electron chi connectivity index (χ3n) is 3.19. The topological polar surface area (TPSA) is 61.8 Å². The summed E-state index contributed by atoms with van der Waals surface area (Å²) in [5.74, 6) is 0.0413. The lowest BCUT2D eigenvalue weighted by atomic mass is 10.0. The van der Waals surface area contributed by atoms with Crippen LogP contribution in [0.4, 0.5) is 0 Å². The number of hydrogen-bond donors (Lipinski definition) is 2. The van der Waals surface area contributed by atoms with Crippen LogP contribution in [0, 0.1) is 0 Å². The van der Waals surface area contributed by atoms with E-state index in [0.29, 0.717) is 26.3 Å². The third kappa shape index (κ3) is 3.76. The van der Waals surface area contributed by atoms with Gasteiger partial charge in [0, 0.05) is 19.6 Å². The van der Waals surface area contributed by atoms with Gasteiger partial charge in [0.15, 0.2) is 0 Å². The zero-order valence-electron chi connectivity index (χ0n) is 10.9. The van der Waals surface area contributed by atoms with Crippen molar-refractivity contribution in [1.29, 1.82) is 0 Å². The van der Waals surface area contributed by atoms with E-state index in [1.54, 1.807) is 0 Å². The minimum Gasteiger partial charge on any atom is -0.394 e. The van der Waals surface area contributed by atoms with Crippen molar-refractivity contribution in [2.75, 3.05) is 39.5 Å². The van der Waals surface area contributed by atoms with Crippen LogP contribution in [-0.2, 0) is 9.53 Å². The molecule has 0 aliphatic carbocycles. The average Bonchev–Trinajstić information content (AvgIpc) is 2.45. The van der Waals surface area contributed by atoms with E-state index in [-0.39, 0.29) is 18.6 Å². The standard InChI is InChI=1S/C14H20N2O3/c17-9-11-19-10-8-16-7-6-15-14(18)13(16)12-4-2-1-3-5-12/h1-5,13,17H,6-11H2,(H,15,18). The van der Waals surface area contributed by atoms with Crippen LogP contribution in [0.3, 0.4) is 0 Å². The summed E-state index contributed by atoms with van der Waals surface area (Å²) in [7, 11) is 0. The highest BCUT2D eigenvalue weighted by molar-refractivity contribution is 5.83. The minimum atomic E-state index is -0.243. The van der Waals surface area contributed by atoms with Crippen molar-refractivity contribution in [3.63, 3.8) is 0 Å². The monoisotopic (exact) mass is 264 g/mol. The van der Waals surface area contributed by atoms with Crippen molar-refractivity contribution in [2.45, 2.75) is 6.04 Å². The first-order valence-electron chi connectivity index (χ1n) is 6.58. The quantitative estimate of drug-likeness (QED) is 0.719. The Morgan fingerprint density at radius 3 is 2.84 bits per heavy atom. The number of hydrogen-bond acceptors (Lipinski definition) is 4. The second-order valence-corrected chi connectivity index (χ2v) is 4.48. The zero-order valence-corrected chi connectivity index (χ0v) is 10.9. The first-order chi connectivity index (χ1) is 9.33. The molecule has 1 aliphatic heterocycles. The molecule has 1 aromatic carbocycles. The number of piperazine rings is 1. The third-order valence-corrected chi connectivity index (χ3v) is 3.19. The Morgan fingerprint density at radius 2 is 2.11 bits per heavy atom. The van der Waals surface area contributed by atoms with Gasteiger partial charge in [-0.3, -0.25) is 9.69 Å². The van der Waals surface area contributed by atoms with Crippen molar-refractivity contribution < 1.29 is 14.6 Å². The van der Waals surface area contributed by atoms with Crippen LogP contribution in [0.2, 0.25) is 0 Å². The van der Waals surface area contributed by atoms with Crippen molar-refractivity contribution in [2.24, 2.45) is 0 Å². The fraction of sp³-hybridized carbons (Fsp3) is 0.500. The number of rotatable bonds is 6. The number of aliphatic hydroxyl groups excluding tert-OH is 1. The predicted molar refractivity (Wildman–Crippen MR) is 71.7 cm³/mol. The predicted octanol–water partition coefficient (Wildman–Crippen LogP) is 0.168. The average molecular weight is 264 g/mol. The van der Waals surface area contributed by atoms with Crippen LogP contribution >= 0.6 is 0 Å². The fourth-order valence-corrected chi connectivity index (χ4v) is 2.30. The summed E-state index contributed by atoms with van der Waals surface area (Å²) >= 11 is 0. The molecule has 0 aromatic heterocycles. The van der Waals surface area contributed by atoms with Gasteiger partial charge >= 0.3 is 0 Å². The summed E-state index contributed by atoms with van der Waals surface area (Å²) in [4.78, 5) is 14.2. The van der Waals surface area contributed by atoms with Crippen LogP contribution in [0.15, 0.2) is 30.3 Å². The Bertz CT molecular complexity index is 397. The SMILES string of the molecule is O=C1NCCN(CCOCCO)C1c1ccccc1. The zero-order chi connectivity index (χ0) is 13.5. The first kappa shape index (κ1) is 14.0. The van der Waals surface area contributed by atoms with Gasteiger partial charge in [0.25, 0.3) is 0 Å². The molecule has 19 heavy (non-hydrogen) atoms. The molecule has 0 radical (unpaired) electrons. The van der Waals surface area contributed by atoms with Gasteiger partial charge in [-0.05, 0) is 5.56 Å². The molecular weight excluding hydrogens is 244 g/mol. The minimum absolute atomic E-state index is 0.0304. The number of carbonyl (C=O) groups is 1. The summed E-state index contributed by atoms with van der Waals surface area (Å²) in [6, 6.07) is 9.52. The summed E-state index contributed by atoms with van der Waals surface area (Å²) in [5.41, 5.74) is 1.00. The summed E-state index contributed by atoms with van der Waals surface area (Å²) in [6.45, 7) is 3.07. The van der Waals surface area contributed by atoms with Gasteiger partial charge in [-0.1, -0.05) is 30.3 Å². The molecule has 5 nitrogen and oxygen atoms in total. The van der Waals surface area contributed by atoms with Gasteiger partial charge in [0.05, 0.1) is 19.8 Å². The maximum absolute atomic E-state index is 12.1. The molecule has 1 aromatic rings. The van der Waals surface area contributed by atoms with E-state index in [1.807, 2.05) is 30.3 Å². The molecule has 1 fully saturated rings. The van der Waals surface area contributed by atoms with E-state index in [0.717, 1.165) is 12.1 Å². The highest BCUT2D eigenvalue weighted by Crippen LogP contribution is 2.22. The Hall–Kier alpha value is -1.43. The molecule has 1 unspecified atom stereocenters. The second-order valence-electron chi connectivity index (χ2n) is 4.48. The summed E-state index contributed by atoms with van der Waals surface area (Å²) < 4.78 is 5.28. The Balaban J connectivity index is 2.00. The molecule has 0 spiro atoms. The highest BCUT2D eigenvalue weighted by Gasteiger charge is 2.30. The maximum Gasteiger partial charge on any atom is 0.242 e. The number of ether oxygens (including phenoxy) is 1. The molecule has 2 rings (SSSR count). The molecule has 104 valence electrons. The van der Waals surface area contributed by atoms with Gasteiger partial charge in [-0.25, -0.2) is 0 Å². The normalized spacial score (nSPS) is 20.3. The van der Waals surface area contributed by atoms with Crippen LogP contribution in [0.5, 0.6) is 0 Å². The van der Waals surface area contributed by atoms with E-state index < -0.39 is 0 Å². The molecule has 0 saturated carbocycles. The number of aliphatic hydroxyl groups is 1. The lowest BCUT2D eigenvalue weighted by Gasteiger charge is -2.35. The molecule has 1 amide bonds. The van der Waals surface area contributed by atoms with Crippen molar-refractivity contribution in [3.05, 3.63) is 35.9 Å². The Labute approximate surface area is 113 Å². The van der Waals surface area contributed by atoms with E-state index in [9.17, 15) is 4.79 Å². The fourth-order valence-electron chi connectivity index (χ4n) is 2.30. The molecule has 1 aliphatic rings. The molecule has 5 heteroatoms. The maximum atomic E-state index is 12.1. The van der Waals surface area contributed by atoms with Gasteiger partial charge in [0.1, 0.15) is 6.04 Å². The van der Waals surface area contributed by atoms with E-state index in [4.69, 9.17) is 9.84 Å². The van der Waals surface area contributed by atoms with Crippen molar-refractivity contribution >= 4 is 5.91 Å². The lowest BCUT2D eigenvalue weighted by Crippen LogP contribution is -2.50. The van der Waals surface area contributed by atoms with E-state index in [1.165, 1.54) is 0 Å². The van der Waals surface area contributed by atoms with Gasteiger partial charge in [-0.15, -0.1) is 0 Å². The number of amides is 1. The smallest absolute Gasteiger partial charge is 0.242 e. The number of carbonyl (C=O) groups excluding carboxylic acids is 1. The highest BCUT2D eigenvalue weighted by atomic mass is 16.5. The second kappa shape index (κ2) is 7.23. The van der Waals surface area contributed by atoms with Gasteiger partial charge in [0.2, 0.25) is 5.91 Å². The number of nitrogens with zero attached hydrogens (tertiary/aromatic N) is 1. The largest absolute Gasteiger partial charge is 0.394 e. The molecule has 0 bridgehead atoms. The molecule has 1 saturated heterocycles. The van der Waals surface area contributed by atoms with Crippen LogP contribution < -0.4 is 5.32 Å². The molecular formula is C14H20N2O3. The van der Waals surface area contributed by atoms with Crippen LogP contribution in [-0.4, -0.2) is 55.4 Å². The van der Waals surface area contributed by atoms with Crippen LogP contribution in [0.25, 0.3) is 0 Å². The Kier molecular flexibility index (Phi) is 5.32. The van der Waals surface area contributed by atoms with Crippen molar-refractivity contribution in [3.8, 4) is 0 Å². The molecule has 2 N–H and O–H groups in total. The van der Waals surface area contributed by atoms with Crippen molar-refractivity contribution in [1.82, 2.24) is 10.2 Å². The number of nitrogens with one attached hydrogen (secondary N) is 1. The number of benzene rings is 1. The molecule has 1 heterocycles. The van der Waals surface area contributed by atoms with E-state index >= 15 is 0 Å².